The highest BCUT2D eigenvalue weighted by Crippen LogP contribution is 2.31. The van der Waals surface area contributed by atoms with Crippen molar-refractivity contribution in [2.75, 3.05) is 5.01 Å². The van der Waals surface area contributed by atoms with Gasteiger partial charge in [-0.3, -0.25) is 4.79 Å². The number of nitrogens with zero attached hydrogens (tertiary/aromatic N) is 2. The van der Waals surface area contributed by atoms with E-state index in [4.69, 9.17) is 5.10 Å². The lowest BCUT2D eigenvalue weighted by Crippen LogP contribution is -2.19. The Balaban J connectivity index is 1.79. The van der Waals surface area contributed by atoms with Crippen LogP contribution in [0.1, 0.15) is 32.6 Å². The lowest BCUT2D eigenvalue weighted by Gasteiger charge is -2.22. The van der Waals surface area contributed by atoms with Gasteiger partial charge in [0.25, 0.3) is 0 Å². The van der Waals surface area contributed by atoms with Crippen LogP contribution in [0.4, 0.5) is 11.4 Å². The summed E-state index contributed by atoms with van der Waals surface area (Å²) in [7, 11) is 0. The van der Waals surface area contributed by atoms with Crippen molar-refractivity contribution in [1.82, 2.24) is 0 Å². The molecule has 1 unspecified atom stereocenters. The number of benzene rings is 3. The van der Waals surface area contributed by atoms with Crippen LogP contribution in [0.2, 0.25) is 0 Å². The predicted molar refractivity (Wildman–Crippen MR) is 113 cm³/mol. The first-order valence-corrected chi connectivity index (χ1v) is 9.70. The monoisotopic (exact) mass is 356 g/mol. The predicted octanol–water partition coefficient (Wildman–Crippen LogP) is 6.11. The summed E-state index contributed by atoms with van der Waals surface area (Å²) in [5.74, 6) is 0.309. The maximum atomic E-state index is 12.3. The van der Waals surface area contributed by atoms with Gasteiger partial charge in [0.15, 0.2) is 0 Å². The third kappa shape index (κ3) is 3.63. The minimum Gasteiger partial charge on any atom is -0.299 e. The molecule has 0 N–H and O–H groups in total. The summed E-state index contributed by atoms with van der Waals surface area (Å²) in [5.41, 5.74) is 3.04. The van der Waals surface area contributed by atoms with Gasteiger partial charge in [0, 0.05) is 12.1 Å². The Kier molecular flexibility index (Phi) is 5.01. The highest BCUT2D eigenvalue weighted by Gasteiger charge is 2.31. The SMILES string of the molecule is CCCC1C(=O)CC/C1=N\N(c1ccccc1)c1ccc2ccccc2c1. The summed E-state index contributed by atoms with van der Waals surface area (Å²) < 4.78 is 0. The molecule has 0 saturated heterocycles. The molecule has 0 bridgehead atoms. The van der Waals surface area contributed by atoms with E-state index < -0.39 is 0 Å². The van der Waals surface area contributed by atoms with Gasteiger partial charge in [0.1, 0.15) is 5.78 Å². The number of carbonyl (C=O) groups is 1. The molecule has 0 radical (unpaired) electrons. The van der Waals surface area contributed by atoms with E-state index >= 15 is 0 Å². The van der Waals surface area contributed by atoms with Crippen molar-refractivity contribution in [3.05, 3.63) is 72.8 Å². The number of carbonyl (C=O) groups excluding carboxylic acids is 1. The molecule has 1 aliphatic carbocycles. The van der Waals surface area contributed by atoms with Crippen molar-refractivity contribution in [3.8, 4) is 0 Å². The van der Waals surface area contributed by atoms with Crippen LogP contribution in [0.15, 0.2) is 77.9 Å². The summed E-state index contributed by atoms with van der Waals surface area (Å²) in [5, 5.41) is 9.39. The molecule has 3 aromatic carbocycles. The number of Topliss-reactive ketones (excluding diaryl/α,β-unsaturated/α-hetero) is 1. The molecule has 27 heavy (non-hydrogen) atoms. The van der Waals surface area contributed by atoms with E-state index in [1.807, 2.05) is 23.2 Å². The van der Waals surface area contributed by atoms with Gasteiger partial charge < -0.3 is 0 Å². The van der Waals surface area contributed by atoms with Gasteiger partial charge in [-0.2, -0.15) is 5.10 Å². The number of hydrogen-bond acceptors (Lipinski definition) is 3. The average Bonchev–Trinajstić information content (AvgIpc) is 3.06. The van der Waals surface area contributed by atoms with Crippen LogP contribution >= 0.6 is 0 Å². The molecule has 0 spiro atoms. The quantitative estimate of drug-likeness (QED) is 0.516. The van der Waals surface area contributed by atoms with Gasteiger partial charge in [0.05, 0.1) is 17.3 Å². The molecule has 3 aromatic rings. The smallest absolute Gasteiger partial charge is 0.142 e. The second-order valence-electron chi connectivity index (χ2n) is 7.08. The van der Waals surface area contributed by atoms with Crippen molar-refractivity contribution >= 4 is 33.6 Å². The number of fused-ring (bicyclic) bond motifs is 1. The van der Waals surface area contributed by atoms with Crippen LogP contribution in [0, 0.1) is 5.92 Å². The fraction of sp³-hybridized carbons (Fsp3) is 0.250. The van der Waals surface area contributed by atoms with E-state index in [2.05, 4.69) is 61.5 Å². The van der Waals surface area contributed by atoms with Gasteiger partial charge in [-0.25, -0.2) is 5.01 Å². The topological polar surface area (TPSA) is 32.7 Å². The molecule has 0 aliphatic heterocycles. The number of rotatable bonds is 5. The zero-order valence-electron chi connectivity index (χ0n) is 15.6. The third-order valence-electron chi connectivity index (χ3n) is 5.20. The van der Waals surface area contributed by atoms with Crippen LogP contribution in [-0.2, 0) is 4.79 Å². The second-order valence-corrected chi connectivity index (χ2v) is 7.08. The summed E-state index contributed by atoms with van der Waals surface area (Å²) in [4.78, 5) is 12.3. The molecule has 1 atom stereocenters. The zero-order chi connectivity index (χ0) is 18.6. The maximum absolute atomic E-state index is 12.3. The number of hydrogen-bond donors (Lipinski definition) is 0. The average molecular weight is 356 g/mol. The lowest BCUT2D eigenvalue weighted by atomic mass is 10.00. The highest BCUT2D eigenvalue weighted by atomic mass is 16.1. The summed E-state index contributed by atoms with van der Waals surface area (Å²) in [6.07, 6.45) is 3.26. The fourth-order valence-electron chi connectivity index (χ4n) is 3.79. The highest BCUT2D eigenvalue weighted by molar-refractivity contribution is 6.11. The molecule has 0 aromatic heterocycles. The van der Waals surface area contributed by atoms with Crippen LogP contribution in [0.5, 0.6) is 0 Å². The van der Waals surface area contributed by atoms with Crippen molar-refractivity contribution in [2.45, 2.75) is 32.6 Å². The zero-order valence-corrected chi connectivity index (χ0v) is 15.6. The lowest BCUT2D eigenvalue weighted by molar-refractivity contribution is -0.119. The normalized spacial score (nSPS) is 18.3. The van der Waals surface area contributed by atoms with Gasteiger partial charge in [-0.1, -0.05) is 61.9 Å². The molecule has 3 heteroatoms. The summed E-state index contributed by atoms with van der Waals surface area (Å²) >= 11 is 0. The Morgan fingerprint density at radius 1 is 0.889 bits per heavy atom. The van der Waals surface area contributed by atoms with Crippen molar-refractivity contribution in [1.29, 1.82) is 0 Å². The molecule has 1 aliphatic rings. The molecule has 1 saturated carbocycles. The Morgan fingerprint density at radius 2 is 1.63 bits per heavy atom. The summed E-state index contributed by atoms with van der Waals surface area (Å²) in [6, 6.07) is 24.9. The Hall–Kier alpha value is -2.94. The standard InChI is InChI=1S/C24H24N2O/c1-2-8-22-23(15-16-24(22)27)25-26(20-11-4-3-5-12-20)21-14-13-18-9-6-7-10-19(18)17-21/h3-7,9-14,17,22H,2,8,15-16H2,1H3/b25-23+. The number of para-hydroxylation sites is 1. The van der Waals surface area contributed by atoms with E-state index in [0.717, 1.165) is 36.3 Å². The Morgan fingerprint density at radius 3 is 2.41 bits per heavy atom. The molecule has 1 fully saturated rings. The van der Waals surface area contributed by atoms with Crippen molar-refractivity contribution in [3.63, 3.8) is 0 Å². The van der Waals surface area contributed by atoms with Crippen LogP contribution < -0.4 is 5.01 Å². The van der Waals surface area contributed by atoms with E-state index in [1.165, 1.54) is 10.8 Å². The molecule has 3 nitrogen and oxygen atoms in total. The number of anilines is 2. The van der Waals surface area contributed by atoms with Crippen molar-refractivity contribution in [2.24, 2.45) is 11.0 Å². The minimum atomic E-state index is -0.0262. The molecule has 0 amide bonds. The maximum Gasteiger partial charge on any atom is 0.142 e. The first-order chi connectivity index (χ1) is 13.3. The fourth-order valence-corrected chi connectivity index (χ4v) is 3.79. The van der Waals surface area contributed by atoms with E-state index in [-0.39, 0.29) is 5.92 Å². The van der Waals surface area contributed by atoms with E-state index in [0.29, 0.717) is 12.2 Å². The van der Waals surface area contributed by atoms with Gasteiger partial charge >= 0.3 is 0 Å². The van der Waals surface area contributed by atoms with Crippen LogP contribution in [-0.4, -0.2) is 11.5 Å². The third-order valence-corrected chi connectivity index (χ3v) is 5.20. The van der Waals surface area contributed by atoms with Gasteiger partial charge in [-0.05, 0) is 47.9 Å². The van der Waals surface area contributed by atoms with Crippen LogP contribution in [0.3, 0.4) is 0 Å². The molecular formula is C24H24N2O. The molecule has 136 valence electrons. The number of hydrazone groups is 1. The van der Waals surface area contributed by atoms with Gasteiger partial charge in [-0.15, -0.1) is 0 Å². The Labute approximate surface area is 160 Å². The van der Waals surface area contributed by atoms with Crippen molar-refractivity contribution < 1.29 is 4.79 Å². The first-order valence-electron chi connectivity index (χ1n) is 9.70. The summed E-state index contributed by atoms with van der Waals surface area (Å²) in [6.45, 7) is 2.13. The number of ketones is 1. The minimum absolute atomic E-state index is 0.0262. The van der Waals surface area contributed by atoms with Crippen LogP contribution in [0.25, 0.3) is 10.8 Å². The van der Waals surface area contributed by atoms with E-state index in [9.17, 15) is 4.79 Å². The molecule has 0 heterocycles. The molecular weight excluding hydrogens is 332 g/mol. The second kappa shape index (κ2) is 7.75. The van der Waals surface area contributed by atoms with Gasteiger partial charge in [0.2, 0.25) is 0 Å². The molecule has 4 rings (SSSR count). The van der Waals surface area contributed by atoms with E-state index in [1.54, 1.807) is 0 Å². The first kappa shape index (κ1) is 17.5. The largest absolute Gasteiger partial charge is 0.299 e. The Bertz CT molecular complexity index is 978.